The number of hydrogen-bond donors (Lipinski definition) is 1. The van der Waals surface area contributed by atoms with Crippen LogP contribution in [0.4, 0.5) is 0 Å². The van der Waals surface area contributed by atoms with Crippen molar-refractivity contribution in [1.29, 1.82) is 0 Å². The minimum atomic E-state index is -0.817. The van der Waals surface area contributed by atoms with Crippen molar-refractivity contribution < 1.29 is 14.4 Å². The van der Waals surface area contributed by atoms with E-state index in [2.05, 4.69) is 11.0 Å². The number of hydrogen-bond acceptors (Lipinski definition) is 5. The minimum absolute atomic E-state index is 0.0682. The lowest BCUT2D eigenvalue weighted by Gasteiger charge is -2.39. The lowest BCUT2D eigenvalue weighted by Crippen LogP contribution is -2.58. The average molecular weight is 598 g/mol. The molecule has 44 heavy (non-hydrogen) atoms. The molecule has 8 nitrogen and oxygen atoms in total. The Morgan fingerprint density at radius 1 is 0.818 bits per heavy atom. The molecule has 0 saturated carbocycles. The van der Waals surface area contributed by atoms with E-state index in [4.69, 9.17) is 5.73 Å². The van der Waals surface area contributed by atoms with E-state index in [9.17, 15) is 14.4 Å². The summed E-state index contributed by atoms with van der Waals surface area (Å²) in [6, 6.07) is 22.4. The first-order valence-electron chi connectivity index (χ1n) is 15.4. The molecule has 0 bridgehead atoms. The molecule has 3 aromatic carbocycles. The molecule has 0 aliphatic carbocycles. The predicted molar refractivity (Wildman–Crippen MR) is 177 cm³/mol. The van der Waals surface area contributed by atoms with Crippen LogP contribution in [0.25, 0.3) is 10.8 Å². The summed E-state index contributed by atoms with van der Waals surface area (Å²) in [6.07, 6.45) is 4.48. The molecule has 0 aromatic heterocycles. The third kappa shape index (κ3) is 8.77. The van der Waals surface area contributed by atoms with E-state index in [0.29, 0.717) is 32.4 Å². The van der Waals surface area contributed by atoms with Crippen LogP contribution in [0.15, 0.2) is 84.9 Å². The van der Waals surface area contributed by atoms with Gasteiger partial charge in [-0.1, -0.05) is 78.9 Å². The summed E-state index contributed by atoms with van der Waals surface area (Å²) in [5.74, 6) is -0.627. The van der Waals surface area contributed by atoms with E-state index < -0.39 is 17.6 Å². The van der Waals surface area contributed by atoms with Gasteiger partial charge in [0.25, 0.3) is 0 Å². The lowest BCUT2D eigenvalue weighted by molar-refractivity contribution is -0.149. The first-order chi connectivity index (χ1) is 20.9. The van der Waals surface area contributed by atoms with Crippen LogP contribution in [0, 0.1) is 0 Å². The Morgan fingerprint density at radius 2 is 1.43 bits per heavy atom. The summed E-state index contributed by atoms with van der Waals surface area (Å²) in [4.78, 5) is 49.0. The minimum Gasteiger partial charge on any atom is -0.338 e. The quantitative estimate of drug-likeness (QED) is 0.340. The van der Waals surface area contributed by atoms with Gasteiger partial charge in [-0.15, -0.1) is 0 Å². The third-order valence-corrected chi connectivity index (χ3v) is 8.43. The molecule has 4 rings (SSSR count). The van der Waals surface area contributed by atoms with E-state index >= 15 is 0 Å². The highest BCUT2D eigenvalue weighted by Gasteiger charge is 2.37. The topological polar surface area (TPSA) is 90.2 Å². The Bertz CT molecular complexity index is 1460. The van der Waals surface area contributed by atoms with Gasteiger partial charge < -0.3 is 25.3 Å². The molecule has 8 heteroatoms. The molecule has 234 valence electrons. The maximum absolute atomic E-state index is 14.5. The summed E-state index contributed by atoms with van der Waals surface area (Å²) in [6.45, 7) is 6.60. The molecule has 1 fully saturated rings. The number of piperazine rings is 1. The van der Waals surface area contributed by atoms with Gasteiger partial charge >= 0.3 is 0 Å². The van der Waals surface area contributed by atoms with Gasteiger partial charge in [0.05, 0.1) is 0 Å². The number of benzene rings is 3. The van der Waals surface area contributed by atoms with Crippen molar-refractivity contribution in [3.05, 3.63) is 96.1 Å². The first kappa shape index (κ1) is 32.9. The van der Waals surface area contributed by atoms with Gasteiger partial charge in [0.1, 0.15) is 12.1 Å². The highest BCUT2D eigenvalue weighted by atomic mass is 16.2. The highest BCUT2D eigenvalue weighted by molar-refractivity contribution is 5.95. The van der Waals surface area contributed by atoms with E-state index in [-0.39, 0.29) is 17.7 Å². The lowest BCUT2D eigenvalue weighted by atomic mass is 9.98. The smallest absolute Gasteiger partial charge is 0.246 e. The summed E-state index contributed by atoms with van der Waals surface area (Å²) in [7, 11) is 5.40. The summed E-state index contributed by atoms with van der Waals surface area (Å²) in [5, 5.41) is 2.17. The standard InChI is InChI=1S/C36H47N5O3/c1-36(2,37)19-11-16-33(42)39(4)31(26-28-17-18-29-14-9-10-15-30(29)24-28)34(43)40(5)32(25-27-12-7-6-8-13-27)35(44)41-22-20-38(3)21-23-41/h6-18,24,31-32H,19-23,25-26,37H2,1-5H3/b16-11+/t31-,32?/m1/s1. The van der Waals surface area contributed by atoms with Crippen molar-refractivity contribution in [2.45, 2.75) is 50.7 Å². The van der Waals surface area contributed by atoms with Gasteiger partial charge in [-0.05, 0) is 55.3 Å². The molecule has 1 saturated heterocycles. The highest BCUT2D eigenvalue weighted by Crippen LogP contribution is 2.21. The Morgan fingerprint density at radius 3 is 2.09 bits per heavy atom. The SMILES string of the molecule is CN1CCN(C(=O)C(Cc2ccccc2)N(C)C(=O)[C@@H](Cc2ccc3ccccc3c2)N(C)C(=O)/C=C/CC(C)(C)N)CC1. The monoisotopic (exact) mass is 597 g/mol. The van der Waals surface area contributed by atoms with E-state index in [1.165, 1.54) is 11.0 Å². The van der Waals surface area contributed by atoms with Crippen molar-refractivity contribution >= 4 is 28.5 Å². The number of rotatable bonds is 11. The van der Waals surface area contributed by atoms with Crippen LogP contribution in [-0.2, 0) is 27.2 Å². The van der Waals surface area contributed by atoms with Crippen molar-refractivity contribution in [2.75, 3.05) is 47.3 Å². The second kappa shape index (κ2) is 14.6. The van der Waals surface area contributed by atoms with Crippen LogP contribution < -0.4 is 5.73 Å². The molecule has 0 radical (unpaired) electrons. The summed E-state index contributed by atoms with van der Waals surface area (Å²) >= 11 is 0. The summed E-state index contributed by atoms with van der Waals surface area (Å²) in [5.41, 5.74) is 7.57. The molecule has 1 heterocycles. The second-order valence-electron chi connectivity index (χ2n) is 12.7. The van der Waals surface area contributed by atoms with Crippen molar-refractivity contribution in [3.63, 3.8) is 0 Å². The van der Waals surface area contributed by atoms with E-state index in [1.807, 2.05) is 92.5 Å². The molecule has 3 amide bonds. The fraction of sp³-hybridized carbons (Fsp3) is 0.417. The van der Waals surface area contributed by atoms with Crippen LogP contribution in [0.2, 0.25) is 0 Å². The van der Waals surface area contributed by atoms with Crippen LogP contribution in [0.3, 0.4) is 0 Å². The number of carbonyl (C=O) groups excluding carboxylic acids is 3. The van der Waals surface area contributed by atoms with Crippen molar-refractivity contribution in [3.8, 4) is 0 Å². The molecule has 2 N–H and O–H groups in total. The maximum Gasteiger partial charge on any atom is 0.246 e. The third-order valence-electron chi connectivity index (χ3n) is 8.43. The first-order valence-corrected chi connectivity index (χ1v) is 15.4. The zero-order valence-corrected chi connectivity index (χ0v) is 26.8. The van der Waals surface area contributed by atoms with Crippen LogP contribution in [0.5, 0.6) is 0 Å². The van der Waals surface area contributed by atoms with Crippen LogP contribution in [0.1, 0.15) is 31.4 Å². The zero-order chi connectivity index (χ0) is 31.9. The van der Waals surface area contributed by atoms with Gasteiger partial charge in [0, 0.05) is 58.7 Å². The van der Waals surface area contributed by atoms with Crippen molar-refractivity contribution in [2.24, 2.45) is 5.73 Å². The van der Waals surface area contributed by atoms with Gasteiger partial charge in [-0.2, -0.15) is 0 Å². The van der Waals surface area contributed by atoms with Crippen LogP contribution >= 0.6 is 0 Å². The van der Waals surface area contributed by atoms with Crippen molar-refractivity contribution in [1.82, 2.24) is 19.6 Å². The molecular formula is C36H47N5O3. The number of fused-ring (bicyclic) bond motifs is 1. The molecule has 2 atom stereocenters. The normalized spacial score (nSPS) is 15.7. The fourth-order valence-electron chi connectivity index (χ4n) is 5.57. The van der Waals surface area contributed by atoms with Gasteiger partial charge in [-0.25, -0.2) is 0 Å². The number of nitrogens with zero attached hydrogens (tertiary/aromatic N) is 4. The number of amides is 3. The Balaban J connectivity index is 1.65. The largest absolute Gasteiger partial charge is 0.338 e. The molecule has 1 unspecified atom stereocenters. The number of likely N-dealkylation sites (N-methyl/N-ethyl adjacent to an activating group) is 3. The van der Waals surface area contributed by atoms with Gasteiger partial charge in [0.15, 0.2) is 0 Å². The molecule has 0 spiro atoms. The van der Waals surface area contributed by atoms with E-state index in [0.717, 1.165) is 35.0 Å². The van der Waals surface area contributed by atoms with E-state index in [1.54, 1.807) is 25.1 Å². The Hall–Kier alpha value is -4.01. The Labute approximate surface area is 262 Å². The predicted octanol–water partition coefficient (Wildman–Crippen LogP) is 3.74. The number of nitrogens with two attached hydrogens (primary N) is 1. The molecule has 1 aliphatic heterocycles. The summed E-state index contributed by atoms with van der Waals surface area (Å²) < 4.78 is 0. The molecular weight excluding hydrogens is 550 g/mol. The Kier molecular flexibility index (Phi) is 10.9. The fourth-order valence-corrected chi connectivity index (χ4v) is 5.57. The molecule has 3 aromatic rings. The zero-order valence-electron chi connectivity index (χ0n) is 26.8. The number of carbonyl (C=O) groups is 3. The second-order valence-corrected chi connectivity index (χ2v) is 12.7. The van der Waals surface area contributed by atoms with Gasteiger partial charge in [0.2, 0.25) is 17.7 Å². The van der Waals surface area contributed by atoms with Crippen LogP contribution in [-0.4, -0.2) is 102 Å². The molecule has 1 aliphatic rings. The average Bonchev–Trinajstić information content (AvgIpc) is 3.01. The maximum atomic E-state index is 14.5. The van der Waals surface area contributed by atoms with Gasteiger partial charge in [-0.3, -0.25) is 14.4 Å².